The van der Waals surface area contributed by atoms with E-state index in [0.29, 0.717) is 30.0 Å². The van der Waals surface area contributed by atoms with Crippen LogP contribution in [0.2, 0.25) is 5.02 Å². The average molecular weight is 405 g/mol. The summed E-state index contributed by atoms with van der Waals surface area (Å²) in [6.07, 6.45) is 3.33. The number of carbonyl (C=O) groups excluding carboxylic acids is 1. The highest BCUT2D eigenvalue weighted by Crippen LogP contribution is 2.35. The maximum atomic E-state index is 13.4. The van der Waals surface area contributed by atoms with Crippen LogP contribution in [0.4, 0.5) is 17.3 Å². The molecule has 0 radical (unpaired) electrons. The predicted octanol–water partition coefficient (Wildman–Crippen LogP) is 3.35. The van der Waals surface area contributed by atoms with E-state index in [1.807, 2.05) is 27.7 Å². The van der Waals surface area contributed by atoms with Gasteiger partial charge in [0.15, 0.2) is 0 Å². The smallest absolute Gasteiger partial charge is 0.276 e. The molecule has 0 saturated carbocycles. The monoisotopic (exact) mass is 404 g/mol. The summed E-state index contributed by atoms with van der Waals surface area (Å²) in [5, 5.41) is 6.23. The van der Waals surface area contributed by atoms with Crippen molar-refractivity contribution >= 4 is 34.8 Å². The lowest BCUT2D eigenvalue weighted by molar-refractivity contribution is 0.0905. The van der Waals surface area contributed by atoms with Gasteiger partial charge in [-0.15, -0.1) is 0 Å². The first-order valence-electron chi connectivity index (χ1n) is 9.41. The zero-order valence-corrected chi connectivity index (χ0v) is 17.2. The van der Waals surface area contributed by atoms with E-state index >= 15 is 0 Å². The van der Waals surface area contributed by atoms with Crippen molar-refractivity contribution in [1.29, 1.82) is 0 Å². The van der Waals surface area contributed by atoms with Crippen molar-refractivity contribution in [2.45, 2.75) is 58.5 Å². The second kappa shape index (κ2) is 7.43. The second-order valence-electron chi connectivity index (χ2n) is 7.29. The summed E-state index contributed by atoms with van der Waals surface area (Å²) in [5.41, 5.74) is 6.03. The summed E-state index contributed by atoms with van der Waals surface area (Å²) < 4.78 is 1.49. The Bertz CT molecular complexity index is 987. The predicted molar refractivity (Wildman–Crippen MR) is 110 cm³/mol. The zero-order chi connectivity index (χ0) is 20.6. The van der Waals surface area contributed by atoms with Gasteiger partial charge >= 0.3 is 0 Å². The van der Waals surface area contributed by atoms with Gasteiger partial charge in [-0.1, -0.05) is 45.7 Å². The average Bonchev–Trinajstić information content (AvgIpc) is 2.93. The largest absolute Gasteiger partial charge is 0.383 e. The van der Waals surface area contributed by atoms with Crippen molar-refractivity contribution in [2.24, 2.45) is 0 Å². The van der Waals surface area contributed by atoms with Crippen molar-refractivity contribution in [3.63, 3.8) is 0 Å². The number of nitrogens with one attached hydrogen (secondary N) is 2. The van der Waals surface area contributed by atoms with Crippen molar-refractivity contribution in [1.82, 2.24) is 19.9 Å². The van der Waals surface area contributed by atoms with Gasteiger partial charge in [-0.3, -0.25) is 14.2 Å². The molecule has 150 valence electrons. The highest BCUT2D eigenvalue weighted by atomic mass is 35.5. The molecule has 0 saturated heterocycles. The van der Waals surface area contributed by atoms with E-state index in [1.54, 1.807) is 0 Å². The normalized spacial score (nSPS) is 18.3. The molecule has 9 heteroatoms. The van der Waals surface area contributed by atoms with Gasteiger partial charge in [0, 0.05) is 5.56 Å². The van der Waals surface area contributed by atoms with Crippen molar-refractivity contribution < 1.29 is 4.79 Å². The molecule has 0 aliphatic carbocycles. The van der Waals surface area contributed by atoms with Crippen molar-refractivity contribution in [3.05, 3.63) is 39.0 Å². The molecular formula is C19H25ClN6O2. The molecule has 8 nitrogen and oxygen atoms in total. The summed E-state index contributed by atoms with van der Waals surface area (Å²) in [4.78, 5) is 34.2. The Morgan fingerprint density at radius 2 is 2.04 bits per heavy atom. The lowest BCUT2D eigenvalue weighted by Gasteiger charge is -2.30. The molecule has 2 aromatic heterocycles. The third-order valence-electron chi connectivity index (χ3n) is 5.14. The Hall–Kier alpha value is -2.61. The van der Waals surface area contributed by atoms with Crippen LogP contribution >= 0.6 is 11.6 Å². The molecular weight excluding hydrogens is 380 g/mol. The number of fused-ring (bicyclic) bond motifs is 1. The van der Waals surface area contributed by atoms with Crippen LogP contribution in [0.5, 0.6) is 0 Å². The van der Waals surface area contributed by atoms with Crippen LogP contribution in [0.1, 0.15) is 68.9 Å². The fraction of sp³-hybridized carbons (Fsp3) is 0.474. The Labute approximate surface area is 168 Å². The third kappa shape index (κ3) is 3.11. The minimum atomic E-state index is -0.787. The number of carbonyl (C=O) groups is 1. The van der Waals surface area contributed by atoms with Gasteiger partial charge in [-0.25, -0.2) is 9.97 Å². The van der Waals surface area contributed by atoms with E-state index in [0.717, 1.165) is 6.42 Å². The minimum Gasteiger partial charge on any atom is -0.383 e. The number of nitrogens with two attached hydrogens (primary N) is 1. The highest BCUT2D eigenvalue weighted by Gasteiger charge is 2.43. The fourth-order valence-electron chi connectivity index (χ4n) is 3.84. The number of aromatic nitrogens is 3. The molecule has 1 aliphatic rings. The summed E-state index contributed by atoms with van der Waals surface area (Å²) in [5.74, 6) is 0.518. The van der Waals surface area contributed by atoms with Crippen molar-refractivity contribution in [3.8, 4) is 0 Å². The van der Waals surface area contributed by atoms with Gasteiger partial charge < -0.3 is 16.4 Å². The SMILES string of the molecule is CCCC1(CC)NC(=O)c2c(Cl)cc(Nc3ncnc(N)c3C(C)C)c(=O)n21. The van der Waals surface area contributed by atoms with E-state index in [-0.39, 0.29) is 33.8 Å². The van der Waals surface area contributed by atoms with Gasteiger partial charge in [0.2, 0.25) is 0 Å². The van der Waals surface area contributed by atoms with Gasteiger partial charge in [0.1, 0.15) is 35.0 Å². The highest BCUT2D eigenvalue weighted by molar-refractivity contribution is 6.34. The van der Waals surface area contributed by atoms with Crippen LogP contribution < -0.4 is 21.9 Å². The maximum Gasteiger partial charge on any atom is 0.276 e. The van der Waals surface area contributed by atoms with Crippen LogP contribution in [-0.4, -0.2) is 20.4 Å². The minimum absolute atomic E-state index is 0.0504. The van der Waals surface area contributed by atoms with E-state index < -0.39 is 5.66 Å². The zero-order valence-electron chi connectivity index (χ0n) is 16.5. The summed E-state index contributed by atoms with van der Waals surface area (Å²) in [6, 6.07) is 1.47. The van der Waals surface area contributed by atoms with Crippen LogP contribution in [0, 0.1) is 0 Å². The molecule has 1 unspecified atom stereocenters. The van der Waals surface area contributed by atoms with Crippen LogP contribution in [0.3, 0.4) is 0 Å². The van der Waals surface area contributed by atoms with Gasteiger partial charge in [0.05, 0.1) is 5.02 Å². The lowest BCUT2D eigenvalue weighted by atomic mass is 10.0. The fourth-order valence-corrected chi connectivity index (χ4v) is 4.12. The molecule has 1 amide bonds. The number of nitrogens with zero attached hydrogens (tertiary/aromatic N) is 3. The molecule has 0 spiro atoms. The molecule has 3 heterocycles. The van der Waals surface area contributed by atoms with Gasteiger partial charge in [-0.2, -0.15) is 0 Å². The number of rotatable bonds is 6. The summed E-state index contributed by atoms with van der Waals surface area (Å²) in [6.45, 7) is 7.88. The molecule has 2 aromatic rings. The molecule has 0 aromatic carbocycles. The number of pyridine rings is 1. The van der Waals surface area contributed by atoms with Gasteiger partial charge in [0.25, 0.3) is 11.5 Å². The number of halogens is 1. The van der Waals surface area contributed by atoms with Crippen molar-refractivity contribution in [2.75, 3.05) is 11.1 Å². The number of hydrogen-bond acceptors (Lipinski definition) is 6. The molecule has 1 aliphatic heterocycles. The van der Waals surface area contributed by atoms with Crippen LogP contribution in [0.15, 0.2) is 17.2 Å². The molecule has 4 N–H and O–H groups in total. The Morgan fingerprint density at radius 1 is 1.32 bits per heavy atom. The van der Waals surface area contributed by atoms with Gasteiger partial charge in [-0.05, 0) is 24.8 Å². The molecule has 3 rings (SSSR count). The number of amides is 1. The number of nitrogen functional groups attached to an aromatic ring is 1. The quantitative estimate of drug-likeness (QED) is 0.680. The summed E-state index contributed by atoms with van der Waals surface area (Å²) in [7, 11) is 0. The van der Waals surface area contributed by atoms with E-state index in [1.165, 1.54) is 17.0 Å². The Kier molecular flexibility index (Phi) is 5.34. The Morgan fingerprint density at radius 3 is 2.64 bits per heavy atom. The van der Waals surface area contributed by atoms with Crippen LogP contribution in [-0.2, 0) is 5.66 Å². The first kappa shape index (κ1) is 20.1. The summed E-state index contributed by atoms with van der Waals surface area (Å²) >= 11 is 6.41. The number of hydrogen-bond donors (Lipinski definition) is 3. The molecule has 28 heavy (non-hydrogen) atoms. The van der Waals surface area contributed by atoms with E-state index in [2.05, 4.69) is 20.6 Å². The maximum absolute atomic E-state index is 13.4. The van der Waals surface area contributed by atoms with E-state index in [4.69, 9.17) is 17.3 Å². The van der Waals surface area contributed by atoms with Crippen LogP contribution in [0.25, 0.3) is 0 Å². The first-order chi connectivity index (χ1) is 13.3. The van der Waals surface area contributed by atoms with E-state index in [9.17, 15) is 9.59 Å². The Balaban J connectivity index is 2.19. The number of anilines is 3. The molecule has 1 atom stereocenters. The first-order valence-corrected chi connectivity index (χ1v) is 9.79. The standard InChI is InChI=1S/C19H25ClN6O2/c1-5-7-19(6-2)25-17(27)14-11(20)8-12(18(28)26(14)19)24-16-13(10(3)4)15(21)22-9-23-16/h8-10H,5-7H2,1-4H3,(H,25,27)(H3,21,22,23,24). The lowest BCUT2D eigenvalue weighted by Crippen LogP contribution is -2.47. The topological polar surface area (TPSA) is 115 Å². The molecule has 0 bridgehead atoms. The molecule has 0 fully saturated rings. The third-order valence-corrected chi connectivity index (χ3v) is 5.43. The second-order valence-corrected chi connectivity index (χ2v) is 7.69.